The van der Waals surface area contributed by atoms with Gasteiger partial charge < -0.3 is 15.3 Å². The van der Waals surface area contributed by atoms with Crippen molar-refractivity contribution < 1.29 is 9.90 Å². The van der Waals surface area contributed by atoms with Gasteiger partial charge in [0.15, 0.2) is 0 Å². The third-order valence-corrected chi connectivity index (χ3v) is 5.12. The maximum absolute atomic E-state index is 11.1. The van der Waals surface area contributed by atoms with E-state index < -0.39 is 6.09 Å². The maximum atomic E-state index is 11.1. The smallest absolute Gasteiger partial charge is 0.407 e. The molecule has 1 amide bonds. The van der Waals surface area contributed by atoms with E-state index in [1.165, 1.54) is 4.90 Å². The summed E-state index contributed by atoms with van der Waals surface area (Å²) < 4.78 is 0. The second-order valence-electron chi connectivity index (χ2n) is 6.38. The van der Waals surface area contributed by atoms with Crippen LogP contribution in [0.5, 0.6) is 0 Å². The van der Waals surface area contributed by atoms with Crippen molar-refractivity contribution in [2.24, 2.45) is 11.8 Å². The van der Waals surface area contributed by atoms with Crippen LogP contribution in [0.25, 0.3) is 10.9 Å². The highest BCUT2D eigenvalue weighted by Gasteiger charge is 2.42. The Hall–Kier alpha value is -2.08. The first kappa shape index (κ1) is 14.5. The molecule has 1 saturated heterocycles. The van der Waals surface area contributed by atoms with Gasteiger partial charge in [-0.1, -0.05) is 11.6 Å². The Morgan fingerprint density at radius 1 is 1.35 bits per heavy atom. The predicted molar refractivity (Wildman–Crippen MR) is 87.8 cm³/mol. The fourth-order valence-electron chi connectivity index (χ4n) is 3.92. The van der Waals surface area contributed by atoms with Crippen LogP contribution in [0, 0.1) is 11.8 Å². The van der Waals surface area contributed by atoms with Crippen molar-refractivity contribution >= 4 is 34.4 Å². The van der Waals surface area contributed by atoms with Gasteiger partial charge in [0.25, 0.3) is 0 Å². The quantitative estimate of drug-likeness (QED) is 0.826. The lowest BCUT2D eigenvalue weighted by Crippen LogP contribution is -2.29. The average molecular weight is 333 g/mol. The Kier molecular flexibility index (Phi) is 3.49. The summed E-state index contributed by atoms with van der Waals surface area (Å²) >= 11 is 6.10. The number of pyridine rings is 2. The van der Waals surface area contributed by atoms with Crippen LogP contribution in [0.1, 0.15) is 12.8 Å². The van der Waals surface area contributed by atoms with E-state index in [2.05, 4.69) is 15.3 Å². The molecular weight excluding hydrogens is 316 g/mol. The maximum Gasteiger partial charge on any atom is 0.407 e. The minimum absolute atomic E-state index is 0.301. The molecule has 1 saturated carbocycles. The number of nitrogens with zero attached hydrogens (tertiary/aromatic N) is 3. The van der Waals surface area contributed by atoms with E-state index in [9.17, 15) is 4.79 Å². The summed E-state index contributed by atoms with van der Waals surface area (Å²) in [6.07, 6.45) is 2.86. The lowest BCUT2D eigenvalue weighted by Gasteiger charge is -2.18. The molecule has 2 fully saturated rings. The summed E-state index contributed by atoms with van der Waals surface area (Å²) in [5, 5.41) is 14.0. The number of halogens is 1. The highest BCUT2D eigenvalue weighted by atomic mass is 35.5. The van der Waals surface area contributed by atoms with Crippen molar-refractivity contribution in [3.8, 4) is 0 Å². The zero-order valence-electron chi connectivity index (χ0n) is 12.4. The van der Waals surface area contributed by atoms with Gasteiger partial charge in [-0.05, 0) is 36.8 Å². The Morgan fingerprint density at radius 3 is 2.78 bits per heavy atom. The molecule has 2 N–H and O–H groups in total. The van der Waals surface area contributed by atoms with Crippen LogP contribution in [0.4, 0.5) is 10.6 Å². The van der Waals surface area contributed by atoms with Gasteiger partial charge in [0.05, 0.1) is 5.52 Å². The number of anilines is 1. The number of hydrogen-bond acceptors (Lipinski definition) is 4. The number of rotatable bonds is 2. The van der Waals surface area contributed by atoms with E-state index in [1.807, 2.05) is 12.1 Å². The first-order chi connectivity index (χ1) is 11.1. The Labute approximate surface area is 138 Å². The number of hydrogen-bond donors (Lipinski definition) is 2. The summed E-state index contributed by atoms with van der Waals surface area (Å²) in [5.41, 5.74) is 0.824. The minimum Gasteiger partial charge on any atom is -0.465 e. The van der Waals surface area contributed by atoms with Crippen molar-refractivity contribution in [1.82, 2.24) is 14.9 Å². The van der Waals surface area contributed by atoms with E-state index in [4.69, 9.17) is 16.7 Å². The average Bonchev–Trinajstić information content (AvgIpc) is 3.05. The molecule has 23 heavy (non-hydrogen) atoms. The first-order valence-corrected chi connectivity index (χ1v) is 8.13. The third kappa shape index (κ3) is 2.67. The van der Waals surface area contributed by atoms with Crippen molar-refractivity contribution in [3.05, 3.63) is 29.5 Å². The largest absolute Gasteiger partial charge is 0.465 e. The highest BCUT2D eigenvalue weighted by molar-refractivity contribution is 6.30. The summed E-state index contributed by atoms with van der Waals surface area (Å²) in [7, 11) is 0. The van der Waals surface area contributed by atoms with Crippen LogP contribution in [0.3, 0.4) is 0 Å². The molecule has 1 aliphatic heterocycles. The number of aromatic nitrogens is 2. The summed E-state index contributed by atoms with van der Waals surface area (Å²) in [6.45, 7) is 1.28. The molecule has 0 bridgehead atoms. The monoisotopic (exact) mass is 332 g/mol. The standard InChI is InChI=1S/C16H17ClN4O2/c17-14-6-13-12(2-1-3-18-13)15(20-14)19-11-4-9-7-21(16(22)23)8-10(9)5-11/h1-3,6,9-11H,4-5,7-8H2,(H,19,20)(H,22,23)/t9-,10+,11-. The van der Waals surface area contributed by atoms with Gasteiger partial charge in [-0.15, -0.1) is 0 Å². The van der Waals surface area contributed by atoms with E-state index in [1.54, 1.807) is 12.3 Å². The summed E-state index contributed by atoms with van der Waals surface area (Å²) in [4.78, 5) is 21.3. The number of nitrogens with one attached hydrogen (secondary N) is 1. The Balaban J connectivity index is 1.52. The molecular formula is C16H17ClN4O2. The number of carboxylic acid groups (broad SMARTS) is 1. The molecule has 120 valence electrons. The second kappa shape index (κ2) is 5.53. The van der Waals surface area contributed by atoms with Crippen molar-refractivity contribution in [3.63, 3.8) is 0 Å². The molecule has 7 heteroatoms. The van der Waals surface area contributed by atoms with E-state index in [0.29, 0.717) is 36.1 Å². The summed E-state index contributed by atoms with van der Waals surface area (Å²) in [5.74, 6) is 1.64. The Bertz CT molecular complexity index is 755. The molecule has 1 aliphatic carbocycles. The number of carbonyl (C=O) groups is 1. The molecule has 0 spiro atoms. The molecule has 2 aliphatic rings. The molecule has 0 aromatic carbocycles. The summed E-state index contributed by atoms with van der Waals surface area (Å²) in [6, 6.07) is 5.93. The van der Waals surface area contributed by atoms with Gasteiger partial charge in [0, 0.05) is 36.8 Å². The lowest BCUT2D eigenvalue weighted by molar-refractivity contribution is 0.152. The van der Waals surface area contributed by atoms with Crippen molar-refractivity contribution in [1.29, 1.82) is 0 Å². The van der Waals surface area contributed by atoms with Crippen LogP contribution >= 0.6 is 11.6 Å². The highest BCUT2D eigenvalue weighted by Crippen LogP contribution is 2.39. The van der Waals surface area contributed by atoms with Crippen LogP contribution in [-0.4, -0.2) is 45.2 Å². The fourth-order valence-corrected chi connectivity index (χ4v) is 4.11. The zero-order valence-corrected chi connectivity index (χ0v) is 13.2. The normalized spacial score (nSPS) is 26.5. The molecule has 2 aromatic heterocycles. The number of amides is 1. The van der Waals surface area contributed by atoms with Crippen molar-refractivity contribution in [2.45, 2.75) is 18.9 Å². The predicted octanol–water partition coefficient (Wildman–Crippen LogP) is 3.08. The number of fused-ring (bicyclic) bond motifs is 2. The van der Waals surface area contributed by atoms with Crippen molar-refractivity contribution in [2.75, 3.05) is 18.4 Å². The van der Waals surface area contributed by atoms with Gasteiger partial charge in [0.1, 0.15) is 11.0 Å². The fraction of sp³-hybridized carbons (Fsp3) is 0.438. The van der Waals surface area contributed by atoms with Gasteiger partial charge >= 0.3 is 6.09 Å². The third-order valence-electron chi connectivity index (χ3n) is 4.93. The minimum atomic E-state index is -0.808. The van der Waals surface area contributed by atoms with Gasteiger partial charge in [-0.3, -0.25) is 4.98 Å². The lowest BCUT2D eigenvalue weighted by atomic mass is 10.0. The van der Waals surface area contributed by atoms with E-state index in [-0.39, 0.29) is 0 Å². The first-order valence-electron chi connectivity index (χ1n) is 7.76. The molecule has 2 aromatic rings. The zero-order chi connectivity index (χ0) is 16.0. The topological polar surface area (TPSA) is 78.4 Å². The molecule has 4 rings (SSSR count). The van der Waals surface area contributed by atoms with E-state index in [0.717, 1.165) is 29.6 Å². The van der Waals surface area contributed by atoms with Gasteiger partial charge in [-0.2, -0.15) is 0 Å². The Morgan fingerprint density at radius 2 is 2.09 bits per heavy atom. The second-order valence-corrected chi connectivity index (χ2v) is 6.77. The van der Waals surface area contributed by atoms with E-state index >= 15 is 0 Å². The number of likely N-dealkylation sites (tertiary alicyclic amines) is 1. The molecule has 3 heterocycles. The molecule has 0 radical (unpaired) electrons. The van der Waals surface area contributed by atoms with Gasteiger partial charge in [-0.25, -0.2) is 9.78 Å². The van der Waals surface area contributed by atoms with Crippen LogP contribution < -0.4 is 5.32 Å². The van der Waals surface area contributed by atoms with Gasteiger partial charge in [0.2, 0.25) is 0 Å². The van der Waals surface area contributed by atoms with Crippen LogP contribution in [0.15, 0.2) is 24.4 Å². The van der Waals surface area contributed by atoms with Crippen LogP contribution in [0.2, 0.25) is 5.15 Å². The molecule has 3 atom stereocenters. The molecule has 0 unspecified atom stereocenters. The molecule has 6 nitrogen and oxygen atoms in total. The van der Waals surface area contributed by atoms with Crippen LogP contribution in [-0.2, 0) is 0 Å². The SMILES string of the molecule is O=C(O)N1C[C@H]2C[C@@H](Nc3nc(Cl)cc4ncccc34)C[C@H]2C1.